The Hall–Kier alpha value is -2.15. The number of anilines is 1. The molecular weight excluding hydrogens is 216 g/mol. The maximum absolute atomic E-state index is 10.8. The second-order valence-electron chi connectivity index (χ2n) is 3.54. The van der Waals surface area contributed by atoms with E-state index in [1.54, 1.807) is 7.11 Å². The standard InChI is InChI=1S/C13H16N2O2/c1-3-9-15(10-8-13(14)16)11-4-6-12(17-2)7-5-11/h1,4-7H,8-10H2,2H3,(H2,14,16). The Bertz CT molecular complexity index is 406. The Kier molecular flexibility index (Phi) is 4.89. The molecule has 0 fully saturated rings. The molecule has 2 N–H and O–H groups in total. The minimum absolute atomic E-state index is 0.285. The minimum Gasteiger partial charge on any atom is -0.497 e. The predicted molar refractivity (Wildman–Crippen MR) is 67.9 cm³/mol. The first-order valence-electron chi connectivity index (χ1n) is 5.28. The molecule has 0 aliphatic carbocycles. The number of benzene rings is 1. The molecule has 0 aliphatic heterocycles. The summed E-state index contributed by atoms with van der Waals surface area (Å²) in [7, 11) is 1.61. The van der Waals surface area contributed by atoms with Crippen molar-refractivity contribution >= 4 is 11.6 Å². The molecule has 0 atom stereocenters. The number of carbonyl (C=O) groups excluding carboxylic acids is 1. The van der Waals surface area contributed by atoms with E-state index in [9.17, 15) is 4.79 Å². The Labute approximate surface area is 101 Å². The molecule has 0 radical (unpaired) electrons. The fourth-order valence-corrected chi connectivity index (χ4v) is 1.45. The summed E-state index contributed by atoms with van der Waals surface area (Å²) in [5, 5.41) is 0. The van der Waals surface area contributed by atoms with Crippen molar-refractivity contribution in [1.82, 2.24) is 0 Å². The first-order valence-corrected chi connectivity index (χ1v) is 5.28. The SMILES string of the molecule is C#CCN(CCC(N)=O)c1ccc(OC)cc1. The summed E-state index contributed by atoms with van der Waals surface area (Å²) in [5.74, 6) is 3.01. The van der Waals surface area contributed by atoms with Crippen molar-refractivity contribution in [1.29, 1.82) is 0 Å². The van der Waals surface area contributed by atoms with Crippen LogP contribution in [0.4, 0.5) is 5.69 Å². The van der Waals surface area contributed by atoms with Gasteiger partial charge < -0.3 is 15.4 Å². The van der Waals surface area contributed by atoms with Gasteiger partial charge in [-0.15, -0.1) is 6.42 Å². The van der Waals surface area contributed by atoms with Gasteiger partial charge >= 0.3 is 0 Å². The first-order chi connectivity index (χ1) is 8.17. The van der Waals surface area contributed by atoms with E-state index >= 15 is 0 Å². The van der Waals surface area contributed by atoms with Gasteiger partial charge in [-0.25, -0.2) is 0 Å². The van der Waals surface area contributed by atoms with E-state index < -0.39 is 0 Å². The molecule has 4 nitrogen and oxygen atoms in total. The van der Waals surface area contributed by atoms with Crippen LogP contribution in [0.3, 0.4) is 0 Å². The van der Waals surface area contributed by atoms with Crippen LogP contribution >= 0.6 is 0 Å². The van der Waals surface area contributed by atoms with Gasteiger partial charge in [-0.2, -0.15) is 0 Å². The van der Waals surface area contributed by atoms with Crippen LogP contribution < -0.4 is 15.4 Å². The average molecular weight is 232 g/mol. The third-order valence-electron chi connectivity index (χ3n) is 2.35. The van der Waals surface area contributed by atoms with Gasteiger partial charge in [-0.3, -0.25) is 4.79 Å². The quantitative estimate of drug-likeness (QED) is 0.745. The molecule has 0 heterocycles. The average Bonchev–Trinajstić information content (AvgIpc) is 2.34. The van der Waals surface area contributed by atoms with E-state index in [-0.39, 0.29) is 12.3 Å². The molecular formula is C13H16N2O2. The van der Waals surface area contributed by atoms with Gasteiger partial charge in [-0.05, 0) is 24.3 Å². The fraction of sp³-hybridized carbons (Fsp3) is 0.308. The maximum Gasteiger partial charge on any atom is 0.219 e. The van der Waals surface area contributed by atoms with E-state index in [1.165, 1.54) is 0 Å². The lowest BCUT2D eigenvalue weighted by Gasteiger charge is -2.21. The Morgan fingerprint density at radius 1 is 1.47 bits per heavy atom. The number of carbonyl (C=O) groups is 1. The van der Waals surface area contributed by atoms with Crippen molar-refractivity contribution in [3.05, 3.63) is 24.3 Å². The van der Waals surface area contributed by atoms with Crippen LogP contribution in [0.25, 0.3) is 0 Å². The smallest absolute Gasteiger partial charge is 0.219 e. The number of primary amides is 1. The van der Waals surface area contributed by atoms with Crippen LogP contribution in [-0.2, 0) is 4.79 Å². The maximum atomic E-state index is 10.8. The molecule has 4 heteroatoms. The van der Waals surface area contributed by atoms with Gasteiger partial charge in [0.1, 0.15) is 5.75 Å². The van der Waals surface area contributed by atoms with Gasteiger partial charge in [0, 0.05) is 18.7 Å². The third kappa shape index (κ3) is 4.07. The number of methoxy groups -OCH3 is 1. The lowest BCUT2D eigenvalue weighted by molar-refractivity contribution is -0.117. The lowest BCUT2D eigenvalue weighted by atomic mass is 10.2. The normalized spacial score (nSPS) is 9.41. The summed E-state index contributed by atoms with van der Waals surface area (Å²) in [6.07, 6.45) is 5.58. The largest absolute Gasteiger partial charge is 0.497 e. The number of nitrogens with zero attached hydrogens (tertiary/aromatic N) is 1. The van der Waals surface area contributed by atoms with Gasteiger partial charge in [0.15, 0.2) is 0 Å². The number of hydrogen-bond donors (Lipinski definition) is 1. The van der Waals surface area contributed by atoms with Crippen molar-refractivity contribution in [2.45, 2.75) is 6.42 Å². The van der Waals surface area contributed by atoms with E-state index in [4.69, 9.17) is 16.9 Å². The number of rotatable bonds is 6. The van der Waals surface area contributed by atoms with E-state index in [0.717, 1.165) is 11.4 Å². The molecule has 1 rings (SSSR count). The van der Waals surface area contributed by atoms with Crippen molar-refractivity contribution in [2.75, 3.05) is 25.1 Å². The second-order valence-corrected chi connectivity index (χ2v) is 3.54. The van der Waals surface area contributed by atoms with Crippen LogP contribution in [0.2, 0.25) is 0 Å². The number of ether oxygens (including phenoxy) is 1. The van der Waals surface area contributed by atoms with E-state index in [0.29, 0.717) is 13.1 Å². The van der Waals surface area contributed by atoms with Gasteiger partial charge in [0.05, 0.1) is 13.7 Å². The molecule has 90 valence electrons. The molecule has 0 aliphatic rings. The highest BCUT2D eigenvalue weighted by molar-refractivity contribution is 5.74. The minimum atomic E-state index is -0.333. The van der Waals surface area contributed by atoms with Crippen molar-refractivity contribution in [2.24, 2.45) is 5.73 Å². The molecule has 1 amide bonds. The molecule has 0 bridgehead atoms. The van der Waals surface area contributed by atoms with Crippen molar-refractivity contribution in [3.63, 3.8) is 0 Å². The van der Waals surface area contributed by atoms with E-state index in [2.05, 4.69) is 5.92 Å². The Balaban J connectivity index is 2.74. The molecule has 0 aromatic heterocycles. The highest BCUT2D eigenvalue weighted by Crippen LogP contribution is 2.19. The van der Waals surface area contributed by atoms with E-state index in [1.807, 2.05) is 29.2 Å². The first kappa shape index (κ1) is 12.9. The second kappa shape index (κ2) is 6.44. The molecule has 17 heavy (non-hydrogen) atoms. The number of terminal acetylenes is 1. The van der Waals surface area contributed by atoms with Crippen LogP contribution in [0.15, 0.2) is 24.3 Å². The zero-order valence-electron chi connectivity index (χ0n) is 9.85. The summed E-state index contributed by atoms with van der Waals surface area (Å²) in [6, 6.07) is 7.50. The Morgan fingerprint density at radius 3 is 2.59 bits per heavy atom. The van der Waals surface area contributed by atoms with Gasteiger partial charge in [0.2, 0.25) is 5.91 Å². The number of nitrogens with two attached hydrogens (primary N) is 1. The highest BCUT2D eigenvalue weighted by atomic mass is 16.5. The molecule has 0 saturated carbocycles. The Morgan fingerprint density at radius 2 is 2.12 bits per heavy atom. The number of amides is 1. The zero-order chi connectivity index (χ0) is 12.7. The van der Waals surface area contributed by atoms with Crippen LogP contribution in [-0.4, -0.2) is 26.1 Å². The zero-order valence-corrected chi connectivity index (χ0v) is 9.85. The van der Waals surface area contributed by atoms with Crippen molar-refractivity contribution < 1.29 is 9.53 Å². The number of hydrogen-bond acceptors (Lipinski definition) is 3. The third-order valence-corrected chi connectivity index (χ3v) is 2.35. The fourth-order valence-electron chi connectivity index (χ4n) is 1.45. The molecule has 0 spiro atoms. The molecule has 1 aromatic rings. The van der Waals surface area contributed by atoms with Crippen molar-refractivity contribution in [3.8, 4) is 18.1 Å². The topological polar surface area (TPSA) is 55.6 Å². The molecule has 0 saturated heterocycles. The summed E-state index contributed by atoms with van der Waals surface area (Å²) in [4.78, 5) is 12.7. The summed E-state index contributed by atoms with van der Waals surface area (Å²) < 4.78 is 5.07. The molecule has 0 unspecified atom stereocenters. The lowest BCUT2D eigenvalue weighted by Crippen LogP contribution is -2.28. The van der Waals surface area contributed by atoms with Gasteiger partial charge in [0.25, 0.3) is 0 Å². The predicted octanol–water partition coefficient (Wildman–Crippen LogP) is 1.01. The summed E-state index contributed by atoms with van der Waals surface area (Å²) in [5.41, 5.74) is 6.07. The summed E-state index contributed by atoms with van der Waals surface area (Å²) >= 11 is 0. The van der Waals surface area contributed by atoms with Crippen LogP contribution in [0, 0.1) is 12.3 Å². The van der Waals surface area contributed by atoms with Crippen LogP contribution in [0.5, 0.6) is 5.75 Å². The van der Waals surface area contributed by atoms with Gasteiger partial charge in [-0.1, -0.05) is 5.92 Å². The van der Waals surface area contributed by atoms with Crippen LogP contribution in [0.1, 0.15) is 6.42 Å². The highest BCUT2D eigenvalue weighted by Gasteiger charge is 2.06. The summed E-state index contributed by atoms with van der Waals surface area (Å²) in [6.45, 7) is 0.964. The monoisotopic (exact) mass is 232 g/mol. The molecule has 1 aromatic carbocycles.